The van der Waals surface area contributed by atoms with Gasteiger partial charge in [0.1, 0.15) is 17.5 Å². The van der Waals surface area contributed by atoms with Crippen molar-refractivity contribution in [3.05, 3.63) is 54.1 Å². The molecular weight excluding hydrogens is 342 g/mol. The minimum atomic E-state index is -3.83. The van der Waals surface area contributed by atoms with Crippen molar-refractivity contribution < 1.29 is 23.1 Å². The van der Waals surface area contributed by atoms with Gasteiger partial charge in [-0.15, -0.1) is 0 Å². The summed E-state index contributed by atoms with van der Waals surface area (Å²) in [7, 11) is -3.83. The Hall–Kier alpha value is -2.38. The number of hydrogen-bond acceptors (Lipinski definition) is 4. The fraction of sp³-hybridized carbons (Fsp3) is 0.278. The highest BCUT2D eigenvalue weighted by atomic mass is 32.2. The number of rotatable bonds is 5. The molecule has 6 nitrogen and oxygen atoms in total. The number of ether oxygens (including phenoxy) is 1. The van der Waals surface area contributed by atoms with E-state index in [4.69, 9.17) is 4.74 Å². The molecule has 0 bridgehead atoms. The smallest absolute Gasteiger partial charge is 0.322 e. The number of hydrogen-bond donors (Lipinski definition) is 1. The van der Waals surface area contributed by atoms with E-state index in [0.29, 0.717) is 24.3 Å². The third kappa shape index (κ3) is 3.52. The van der Waals surface area contributed by atoms with E-state index >= 15 is 0 Å². The number of para-hydroxylation sites is 1. The molecule has 1 N–H and O–H groups in total. The quantitative estimate of drug-likeness (QED) is 0.885. The van der Waals surface area contributed by atoms with E-state index in [1.54, 1.807) is 12.1 Å². The van der Waals surface area contributed by atoms with Crippen LogP contribution >= 0.6 is 0 Å². The first-order valence-corrected chi connectivity index (χ1v) is 9.42. The van der Waals surface area contributed by atoms with Crippen molar-refractivity contribution in [2.45, 2.75) is 30.7 Å². The summed E-state index contributed by atoms with van der Waals surface area (Å²) >= 11 is 0. The zero-order valence-corrected chi connectivity index (χ0v) is 14.6. The molecule has 1 aliphatic heterocycles. The van der Waals surface area contributed by atoms with E-state index in [-0.39, 0.29) is 11.4 Å². The number of carboxylic acids is 1. The molecule has 0 aliphatic carbocycles. The molecule has 1 heterocycles. The monoisotopic (exact) mass is 361 g/mol. The summed E-state index contributed by atoms with van der Waals surface area (Å²) in [5.41, 5.74) is 0.973. The Balaban J connectivity index is 1.82. The molecule has 2 aromatic rings. The predicted octanol–water partition coefficient (Wildman–Crippen LogP) is 3.03. The normalized spacial score (nSPS) is 18.2. The molecule has 1 saturated heterocycles. The van der Waals surface area contributed by atoms with Gasteiger partial charge in [-0.3, -0.25) is 4.79 Å². The third-order valence-corrected chi connectivity index (χ3v) is 6.16. The molecule has 0 saturated carbocycles. The largest absolute Gasteiger partial charge is 0.480 e. The lowest BCUT2D eigenvalue weighted by Gasteiger charge is -2.21. The van der Waals surface area contributed by atoms with Crippen molar-refractivity contribution in [3.63, 3.8) is 0 Å². The van der Waals surface area contributed by atoms with Crippen LogP contribution < -0.4 is 4.74 Å². The van der Waals surface area contributed by atoms with Crippen LogP contribution in [0.25, 0.3) is 0 Å². The highest BCUT2D eigenvalue weighted by molar-refractivity contribution is 7.89. The van der Waals surface area contributed by atoms with Crippen LogP contribution in [0.3, 0.4) is 0 Å². The van der Waals surface area contributed by atoms with Crippen molar-refractivity contribution in [2.75, 3.05) is 6.54 Å². The second-order valence-electron chi connectivity index (χ2n) is 5.95. The standard InChI is InChI=1S/C18H19NO5S/c1-13-5-2-3-7-17(13)24-14-8-10-15(11-9-14)25(22,23)19-12-4-6-16(19)18(20)21/h2-3,5,7-11,16H,4,6,12H2,1H3,(H,20,21)/t16-/m0/s1. The van der Waals surface area contributed by atoms with Gasteiger partial charge in [-0.25, -0.2) is 8.42 Å². The molecule has 3 rings (SSSR count). The molecule has 1 fully saturated rings. The molecule has 7 heteroatoms. The number of sulfonamides is 1. The minimum Gasteiger partial charge on any atom is -0.480 e. The summed E-state index contributed by atoms with van der Waals surface area (Å²) in [6.07, 6.45) is 0.883. The first kappa shape index (κ1) is 17.4. The first-order chi connectivity index (χ1) is 11.9. The molecule has 0 amide bonds. The van der Waals surface area contributed by atoms with Gasteiger partial charge in [-0.1, -0.05) is 18.2 Å². The molecule has 1 aliphatic rings. The van der Waals surface area contributed by atoms with Crippen molar-refractivity contribution >= 4 is 16.0 Å². The van der Waals surface area contributed by atoms with Crippen LogP contribution in [0.15, 0.2) is 53.4 Å². The van der Waals surface area contributed by atoms with E-state index in [9.17, 15) is 18.3 Å². The van der Waals surface area contributed by atoms with Gasteiger partial charge in [0.25, 0.3) is 0 Å². The SMILES string of the molecule is Cc1ccccc1Oc1ccc(S(=O)(=O)N2CCC[C@H]2C(=O)O)cc1. The van der Waals surface area contributed by atoms with Gasteiger partial charge in [0.05, 0.1) is 4.90 Å². The summed E-state index contributed by atoms with van der Waals surface area (Å²) in [6.45, 7) is 2.15. The maximum atomic E-state index is 12.7. The molecular formula is C18H19NO5S. The first-order valence-electron chi connectivity index (χ1n) is 7.98. The van der Waals surface area contributed by atoms with E-state index in [2.05, 4.69) is 0 Å². The van der Waals surface area contributed by atoms with Gasteiger partial charge in [-0.2, -0.15) is 4.31 Å². The molecule has 0 aromatic heterocycles. The highest BCUT2D eigenvalue weighted by Gasteiger charge is 2.39. The van der Waals surface area contributed by atoms with Crippen LogP contribution in [0.1, 0.15) is 18.4 Å². The lowest BCUT2D eigenvalue weighted by molar-refractivity contribution is -0.140. The number of nitrogens with zero attached hydrogens (tertiary/aromatic N) is 1. The maximum Gasteiger partial charge on any atom is 0.322 e. The average molecular weight is 361 g/mol. The maximum absolute atomic E-state index is 12.7. The van der Waals surface area contributed by atoms with Crippen molar-refractivity contribution in [3.8, 4) is 11.5 Å². The molecule has 25 heavy (non-hydrogen) atoms. The zero-order valence-electron chi connectivity index (χ0n) is 13.8. The number of aliphatic carboxylic acids is 1. The van der Waals surface area contributed by atoms with Crippen LogP contribution in [0.4, 0.5) is 0 Å². The Labute approximate surface area is 146 Å². The molecule has 1 atom stereocenters. The van der Waals surface area contributed by atoms with Crippen LogP contribution in [-0.2, 0) is 14.8 Å². The molecule has 0 unspecified atom stereocenters. The molecule has 2 aromatic carbocycles. The molecule has 0 spiro atoms. The second-order valence-corrected chi connectivity index (χ2v) is 7.84. The predicted molar refractivity (Wildman–Crippen MR) is 92.2 cm³/mol. The van der Waals surface area contributed by atoms with E-state index < -0.39 is 22.0 Å². The van der Waals surface area contributed by atoms with E-state index in [1.165, 1.54) is 12.1 Å². The Morgan fingerprint density at radius 3 is 2.48 bits per heavy atom. The van der Waals surface area contributed by atoms with Gasteiger partial charge in [0.15, 0.2) is 0 Å². The van der Waals surface area contributed by atoms with Crippen LogP contribution in [0, 0.1) is 6.92 Å². The fourth-order valence-electron chi connectivity index (χ4n) is 2.89. The number of carboxylic acid groups (broad SMARTS) is 1. The van der Waals surface area contributed by atoms with Crippen LogP contribution in [0.5, 0.6) is 11.5 Å². The third-order valence-electron chi connectivity index (χ3n) is 4.24. The van der Waals surface area contributed by atoms with Gasteiger partial charge in [0, 0.05) is 6.54 Å². The molecule has 132 valence electrons. The van der Waals surface area contributed by atoms with Gasteiger partial charge in [-0.05, 0) is 55.7 Å². The molecule has 0 radical (unpaired) electrons. The van der Waals surface area contributed by atoms with Crippen molar-refractivity contribution in [2.24, 2.45) is 0 Å². The number of benzene rings is 2. The van der Waals surface area contributed by atoms with Crippen molar-refractivity contribution in [1.82, 2.24) is 4.31 Å². The van der Waals surface area contributed by atoms with E-state index in [0.717, 1.165) is 9.87 Å². The van der Waals surface area contributed by atoms with Crippen molar-refractivity contribution in [1.29, 1.82) is 0 Å². The lowest BCUT2D eigenvalue weighted by atomic mass is 10.2. The number of aryl methyl sites for hydroxylation is 1. The van der Waals surface area contributed by atoms with Gasteiger partial charge in [0.2, 0.25) is 10.0 Å². The summed E-state index contributed by atoms with van der Waals surface area (Å²) < 4.78 is 32.2. The lowest BCUT2D eigenvalue weighted by Crippen LogP contribution is -2.40. The van der Waals surface area contributed by atoms with E-state index in [1.807, 2.05) is 31.2 Å². The topological polar surface area (TPSA) is 83.9 Å². The van der Waals surface area contributed by atoms with Gasteiger partial charge >= 0.3 is 5.97 Å². The Morgan fingerprint density at radius 2 is 1.84 bits per heavy atom. The van der Waals surface area contributed by atoms with Gasteiger partial charge < -0.3 is 9.84 Å². The Bertz CT molecular complexity index is 877. The fourth-order valence-corrected chi connectivity index (χ4v) is 4.54. The number of carbonyl (C=O) groups is 1. The summed E-state index contributed by atoms with van der Waals surface area (Å²) in [5.74, 6) is 0.105. The van der Waals surface area contributed by atoms with Crippen LogP contribution in [0.2, 0.25) is 0 Å². The van der Waals surface area contributed by atoms with Crippen LogP contribution in [-0.4, -0.2) is 36.4 Å². The summed E-state index contributed by atoms with van der Waals surface area (Å²) in [5, 5.41) is 9.20. The summed E-state index contributed by atoms with van der Waals surface area (Å²) in [6, 6.07) is 12.6. The highest BCUT2D eigenvalue weighted by Crippen LogP contribution is 2.29. The Morgan fingerprint density at radius 1 is 1.16 bits per heavy atom. The Kier molecular flexibility index (Phi) is 4.78. The summed E-state index contributed by atoms with van der Waals surface area (Å²) in [4.78, 5) is 11.3. The minimum absolute atomic E-state index is 0.0674. The zero-order chi connectivity index (χ0) is 18.0. The average Bonchev–Trinajstić information content (AvgIpc) is 3.08. The second kappa shape index (κ2) is 6.85.